The van der Waals surface area contributed by atoms with Gasteiger partial charge in [-0.3, -0.25) is 4.79 Å². The number of hydrogen-bond acceptors (Lipinski definition) is 4. The summed E-state index contributed by atoms with van der Waals surface area (Å²) in [5.74, 6) is -0.163. The molecule has 1 unspecified atom stereocenters. The highest BCUT2D eigenvalue weighted by Crippen LogP contribution is 2.25. The van der Waals surface area contributed by atoms with Gasteiger partial charge in [0.25, 0.3) is 0 Å². The SMILES string of the molecule is O=C(/C=C/c1cscn1)NC(c1ccc(Cl)cc1)c1ccsc1. The molecule has 3 aromatic rings. The summed E-state index contributed by atoms with van der Waals surface area (Å²) in [5.41, 5.74) is 4.55. The van der Waals surface area contributed by atoms with E-state index in [-0.39, 0.29) is 11.9 Å². The third-order valence-electron chi connectivity index (χ3n) is 3.22. The zero-order chi connectivity index (χ0) is 16.1. The fourth-order valence-electron chi connectivity index (χ4n) is 2.11. The monoisotopic (exact) mass is 360 g/mol. The van der Waals surface area contributed by atoms with E-state index in [1.54, 1.807) is 22.9 Å². The van der Waals surface area contributed by atoms with Crippen LogP contribution in [0.1, 0.15) is 22.9 Å². The second kappa shape index (κ2) is 7.55. The summed E-state index contributed by atoms with van der Waals surface area (Å²) in [7, 11) is 0. The molecule has 1 N–H and O–H groups in total. The van der Waals surface area contributed by atoms with E-state index >= 15 is 0 Å². The smallest absolute Gasteiger partial charge is 0.244 e. The maximum absolute atomic E-state index is 12.2. The van der Waals surface area contributed by atoms with Crippen molar-refractivity contribution >= 4 is 46.3 Å². The van der Waals surface area contributed by atoms with Crippen LogP contribution in [0.15, 0.2) is 58.1 Å². The predicted molar refractivity (Wildman–Crippen MR) is 96.9 cm³/mol. The third kappa shape index (κ3) is 4.28. The van der Waals surface area contributed by atoms with E-state index in [0.29, 0.717) is 5.02 Å². The van der Waals surface area contributed by atoms with Gasteiger partial charge in [0.2, 0.25) is 5.91 Å². The Bertz CT molecular complexity index is 781. The van der Waals surface area contributed by atoms with Gasteiger partial charge in [0.05, 0.1) is 17.2 Å². The normalized spacial score (nSPS) is 12.4. The molecule has 2 heterocycles. The fraction of sp³-hybridized carbons (Fsp3) is 0.0588. The highest BCUT2D eigenvalue weighted by Gasteiger charge is 2.16. The minimum atomic E-state index is -0.203. The van der Waals surface area contributed by atoms with E-state index in [0.717, 1.165) is 16.8 Å². The van der Waals surface area contributed by atoms with Gasteiger partial charge in [-0.1, -0.05) is 23.7 Å². The van der Waals surface area contributed by atoms with Crippen LogP contribution in [0.4, 0.5) is 0 Å². The Morgan fingerprint density at radius 3 is 2.61 bits per heavy atom. The molecule has 0 spiro atoms. The van der Waals surface area contributed by atoms with Crippen LogP contribution >= 0.6 is 34.3 Å². The van der Waals surface area contributed by atoms with Crippen molar-refractivity contribution in [2.24, 2.45) is 0 Å². The van der Waals surface area contributed by atoms with Gasteiger partial charge in [-0.2, -0.15) is 11.3 Å². The quantitative estimate of drug-likeness (QED) is 0.665. The molecule has 1 amide bonds. The summed E-state index contributed by atoms with van der Waals surface area (Å²) in [6.45, 7) is 0. The number of carbonyl (C=O) groups is 1. The number of aromatic nitrogens is 1. The molecule has 0 radical (unpaired) electrons. The summed E-state index contributed by atoms with van der Waals surface area (Å²) in [6.07, 6.45) is 3.21. The molecular formula is C17H13ClN2OS2. The molecule has 0 fully saturated rings. The number of hydrogen-bond donors (Lipinski definition) is 1. The summed E-state index contributed by atoms with van der Waals surface area (Å²) in [5, 5.41) is 9.62. The van der Waals surface area contributed by atoms with Gasteiger partial charge >= 0.3 is 0 Å². The van der Waals surface area contributed by atoms with Gasteiger partial charge in [-0.25, -0.2) is 4.98 Å². The van der Waals surface area contributed by atoms with Gasteiger partial charge in [0.1, 0.15) is 0 Å². The number of rotatable bonds is 5. The first kappa shape index (κ1) is 15.9. The molecule has 0 aliphatic carbocycles. The van der Waals surface area contributed by atoms with Gasteiger partial charge < -0.3 is 5.32 Å². The van der Waals surface area contributed by atoms with Crippen molar-refractivity contribution in [3.8, 4) is 0 Å². The Balaban J connectivity index is 1.79. The van der Waals surface area contributed by atoms with Crippen molar-refractivity contribution in [1.29, 1.82) is 0 Å². The molecule has 0 aliphatic heterocycles. The lowest BCUT2D eigenvalue weighted by atomic mass is 10.0. The highest BCUT2D eigenvalue weighted by atomic mass is 35.5. The van der Waals surface area contributed by atoms with Crippen molar-refractivity contribution in [3.63, 3.8) is 0 Å². The number of halogens is 1. The molecular weight excluding hydrogens is 348 g/mol. The number of amides is 1. The lowest BCUT2D eigenvalue weighted by Crippen LogP contribution is -2.27. The Hall–Kier alpha value is -1.95. The number of benzene rings is 1. The first-order valence-electron chi connectivity index (χ1n) is 6.87. The molecule has 0 saturated carbocycles. The first-order valence-corrected chi connectivity index (χ1v) is 9.13. The Kier molecular flexibility index (Phi) is 5.23. The minimum Gasteiger partial charge on any atom is -0.342 e. The zero-order valence-corrected chi connectivity index (χ0v) is 14.4. The molecule has 3 nitrogen and oxygen atoms in total. The predicted octanol–water partition coefficient (Wildman–Crippen LogP) is 4.78. The van der Waals surface area contributed by atoms with Gasteiger partial charge in [0, 0.05) is 16.5 Å². The molecule has 1 aromatic carbocycles. The molecule has 1 atom stereocenters. The lowest BCUT2D eigenvalue weighted by molar-refractivity contribution is -0.116. The van der Waals surface area contributed by atoms with Crippen molar-refractivity contribution in [2.45, 2.75) is 6.04 Å². The molecule has 116 valence electrons. The first-order chi connectivity index (χ1) is 11.2. The van der Waals surface area contributed by atoms with Gasteiger partial charge in [0.15, 0.2) is 0 Å². The van der Waals surface area contributed by atoms with E-state index in [9.17, 15) is 4.79 Å². The summed E-state index contributed by atoms with van der Waals surface area (Å²) < 4.78 is 0. The van der Waals surface area contributed by atoms with E-state index in [1.165, 1.54) is 17.4 Å². The lowest BCUT2D eigenvalue weighted by Gasteiger charge is -2.17. The van der Waals surface area contributed by atoms with Gasteiger partial charge in [-0.15, -0.1) is 11.3 Å². The Morgan fingerprint density at radius 1 is 1.13 bits per heavy atom. The van der Waals surface area contributed by atoms with Crippen LogP contribution in [-0.4, -0.2) is 10.9 Å². The van der Waals surface area contributed by atoms with Crippen molar-refractivity contribution in [2.75, 3.05) is 0 Å². The maximum Gasteiger partial charge on any atom is 0.244 e. The Morgan fingerprint density at radius 2 is 1.96 bits per heavy atom. The number of nitrogens with one attached hydrogen (secondary N) is 1. The molecule has 0 saturated heterocycles. The van der Waals surface area contributed by atoms with Crippen LogP contribution < -0.4 is 5.32 Å². The molecule has 3 rings (SSSR count). The van der Waals surface area contributed by atoms with E-state index in [1.807, 2.05) is 46.5 Å². The average molecular weight is 361 g/mol. The Labute approximate surface area is 147 Å². The number of thiazole rings is 1. The van der Waals surface area contributed by atoms with Crippen molar-refractivity contribution in [1.82, 2.24) is 10.3 Å². The molecule has 6 heteroatoms. The topological polar surface area (TPSA) is 42.0 Å². The van der Waals surface area contributed by atoms with Crippen LogP contribution in [0.25, 0.3) is 6.08 Å². The average Bonchev–Trinajstić information content (AvgIpc) is 3.25. The van der Waals surface area contributed by atoms with E-state index in [4.69, 9.17) is 11.6 Å². The maximum atomic E-state index is 12.2. The highest BCUT2D eigenvalue weighted by molar-refractivity contribution is 7.08. The summed E-state index contributed by atoms with van der Waals surface area (Å²) >= 11 is 9.05. The van der Waals surface area contributed by atoms with Crippen LogP contribution in [0, 0.1) is 0 Å². The number of thiophene rings is 1. The van der Waals surface area contributed by atoms with Crippen molar-refractivity contribution in [3.05, 3.63) is 79.9 Å². The van der Waals surface area contributed by atoms with Crippen LogP contribution in [0.5, 0.6) is 0 Å². The molecule has 23 heavy (non-hydrogen) atoms. The van der Waals surface area contributed by atoms with E-state index < -0.39 is 0 Å². The zero-order valence-electron chi connectivity index (χ0n) is 12.0. The minimum absolute atomic E-state index is 0.163. The summed E-state index contributed by atoms with van der Waals surface area (Å²) in [6, 6.07) is 9.31. The van der Waals surface area contributed by atoms with Crippen LogP contribution in [0.3, 0.4) is 0 Å². The third-order valence-corrected chi connectivity index (χ3v) is 4.78. The second-order valence-electron chi connectivity index (χ2n) is 4.80. The summed E-state index contributed by atoms with van der Waals surface area (Å²) in [4.78, 5) is 16.4. The van der Waals surface area contributed by atoms with E-state index in [2.05, 4.69) is 10.3 Å². The van der Waals surface area contributed by atoms with Crippen molar-refractivity contribution < 1.29 is 4.79 Å². The van der Waals surface area contributed by atoms with Gasteiger partial charge in [-0.05, 0) is 46.2 Å². The van der Waals surface area contributed by atoms with Crippen LogP contribution in [-0.2, 0) is 4.79 Å². The fourth-order valence-corrected chi connectivity index (χ4v) is 3.44. The van der Waals surface area contributed by atoms with Crippen LogP contribution in [0.2, 0.25) is 5.02 Å². The molecule has 0 bridgehead atoms. The number of carbonyl (C=O) groups excluding carboxylic acids is 1. The largest absolute Gasteiger partial charge is 0.342 e. The standard InChI is InChI=1S/C17H13ClN2OS2/c18-14-3-1-12(2-4-14)17(13-7-8-22-9-13)20-16(21)6-5-15-10-23-11-19-15/h1-11,17H,(H,20,21)/b6-5+. The number of nitrogens with zero attached hydrogens (tertiary/aromatic N) is 1. The molecule has 0 aliphatic rings. The second-order valence-corrected chi connectivity index (χ2v) is 6.73. The molecule has 2 aromatic heterocycles.